The van der Waals surface area contributed by atoms with Gasteiger partial charge in [0.05, 0.1) is 13.7 Å². The molecule has 0 spiro atoms. The normalized spacial score (nSPS) is 11.1. The second kappa shape index (κ2) is 9.91. The Kier molecular flexibility index (Phi) is 7.59. The van der Waals surface area contributed by atoms with Crippen molar-refractivity contribution in [1.82, 2.24) is 10.2 Å². The Morgan fingerprint density at radius 2 is 2.12 bits per heavy atom. The molecule has 1 aromatic carbocycles. The molecule has 0 bridgehead atoms. The Labute approximate surface area is 158 Å². The minimum absolute atomic E-state index is 0.250. The van der Waals surface area contributed by atoms with E-state index in [0.717, 1.165) is 23.4 Å². The van der Waals surface area contributed by atoms with Gasteiger partial charge in [0.2, 0.25) is 11.0 Å². The maximum atomic E-state index is 12.0. The third-order valence-electron chi connectivity index (χ3n) is 3.57. The summed E-state index contributed by atoms with van der Waals surface area (Å²) in [6, 6.07) is 5.58. The molecule has 0 saturated carbocycles. The first-order chi connectivity index (χ1) is 12.5. The predicted molar refractivity (Wildman–Crippen MR) is 105 cm³/mol. The fourth-order valence-corrected chi connectivity index (χ4v) is 2.76. The lowest BCUT2D eigenvalue weighted by atomic mass is 10.1. The maximum Gasteiger partial charge on any atom is 0.250 e. The maximum absolute atomic E-state index is 12.0. The van der Waals surface area contributed by atoms with Gasteiger partial charge >= 0.3 is 0 Å². The fraction of sp³-hybridized carbons (Fsp3) is 0.421. The minimum atomic E-state index is -0.250. The Balaban J connectivity index is 1.97. The monoisotopic (exact) mass is 375 g/mol. The van der Waals surface area contributed by atoms with Crippen LogP contribution in [0.3, 0.4) is 0 Å². The first-order valence-corrected chi connectivity index (χ1v) is 9.45. The Bertz CT molecular complexity index is 756. The number of carbonyl (C=O) groups excluding carboxylic acids is 1. The Morgan fingerprint density at radius 1 is 1.31 bits per heavy atom. The number of aryl methyl sites for hydroxylation is 1. The summed E-state index contributed by atoms with van der Waals surface area (Å²) < 4.78 is 11.2. The average Bonchev–Trinajstić information content (AvgIpc) is 3.07. The molecule has 6 nitrogen and oxygen atoms in total. The summed E-state index contributed by atoms with van der Waals surface area (Å²) in [5.41, 5.74) is 0.847. The largest absolute Gasteiger partial charge is 0.493 e. The average molecular weight is 375 g/mol. The molecule has 0 atom stereocenters. The highest BCUT2D eigenvalue weighted by Gasteiger charge is 2.07. The van der Waals surface area contributed by atoms with Gasteiger partial charge in [-0.05, 0) is 42.5 Å². The summed E-state index contributed by atoms with van der Waals surface area (Å²) in [4.78, 5) is 12.0. The van der Waals surface area contributed by atoms with Crippen LogP contribution in [0, 0.1) is 5.92 Å². The van der Waals surface area contributed by atoms with Crippen molar-refractivity contribution in [2.75, 3.05) is 19.0 Å². The van der Waals surface area contributed by atoms with E-state index in [0.29, 0.717) is 29.2 Å². The third-order valence-corrected chi connectivity index (χ3v) is 4.55. The molecule has 1 amide bonds. The van der Waals surface area contributed by atoms with Crippen molar-refractivity contribution >= 4 is 28.5 Å². The van der Waals surface area contributed by atoms with Crippen molar-refractivity contribution in [1.29, 1.82) is 0 Å². The second-order valence-corrected chi connectivity index (χ2v) is 7.18. The molecule has 7 heteroatoms. The Hall–Kier alpha value is -2.41. The van der Waals surface area contributed by atoms with Gasteiger partial charge in [-0.1, -0.05) is 38.2 Å². The number of anilines is 1. The molecule has 0 aliphatic heterocycles. The fourth-order valence-electron chi connectivity index (χ4n) is 2.08. The molecule has 26 heavy (non-hydrogen) atoms. The van der Waals surface area contributed by atoms with Crippen molar-refractivity contribution in [2.24, 2.45) is 5.92 Å². The highest BCUT2D eigenvalue weighted by molar-refractivity contribution is 7.15. The van der Waals surface area contributed by atoms with Gasteiger partial charge in [-0.2, -0.15) is 0 Å². The molecule has 140 valence electrons. The smallest absolute Gasteiger partial charge is 0.250 e. The van der Waals surface area contributed by atoms with Crippen LogP contribution in [0.1, 0.15) is 37.8 Å². The molecule has 0 unspecified atom stereocenters. The van der Waals surface area contributed by atoms with E-state index in [1.165, 1.54) is 17.4 Å². The molecule has 1 heterocycles. The van der Waals surface area contributed by atoms with Crippen LogP contribution in [0.4, 0.5) is 5.13 Å². The number of nitrogens with one attached hydrogen (secondary N) is 1. The SMILES string of the molecule is CCc1nnc(NC(=O)/C=C/c2ccc(OCCC(C)C)c(OC)c2)s1. The molecular weight excluding hydrogens is 350 g/mol. The zero-order valence-electron chi connectivity index (χ0n) is 15.6. The topological polar surface area (TPSA) is 73.3 Å². The number of ether oxygens (including phenoxy) is 2. The van der Waals surface area contributed by atoms with E-state index in [9.17, 15) is 4.79 Å². The molecule has 1 N–H and O–H groups in total. The van der Waals surface area contributed by atoms with Crippen molar-refractivity contribution in [3.05, 3.63) is 34.8 Å². The van der Waals surface area contributed by atoms with Gasteiger partial charge in [0.15, 0.2) is 11.5 Å². The summed E-state index contributed by atoms with van der Waals surface area (Å²) in [6.45, 7) is 6.96. The molecule has 0 aliphatic rings. The molecular formula is C19H25N3O3S. The van der Waals surface area contributed by atoms with E-state index in [-0.39, 0.29) is 5.91 Å². The Morgan fingerprint density at radius 3 is 2.77 bits per heavy atom. The number of rotatable bonds is 9. The number of carbonyl (C=O) groups is 1. The molecule has 0 fully saturated rings. The highest BCUT2D eigenvalue weighted by Crippen LogP contribution is 2.29. The van der Waals surface area contributed by atoms with Crippen LogP contribution in [0.5, 0.6) is 11.5 Å². The zero-order valence-corrected chi connectivity index (χ0v) is 16.4. The standard InChI is InChI=1S/C19H25N3O3S/c1-5-18-21-22-19(26-18)20-17(23)9-7-14-6-8-15(16(12-14)24-4)25-11-10-13(2)3/h6-9,12-13H,5,10-11H2,1-4H3,(H,20,22,23)/b9-7+. The van der Waals surface area contributed by atoms with Crippen LogP contribution in [0.2, 0.25) is 0 Å². The van der Waals surface area contributed by atoms with Crippen molar-refractivity contribution in [2.45, 2.75) is 33.6 Å². The van der Waals surface area contributed by atoms with Gasteiger partial charge in [-0.3, -0.25) is 10.1 Å². The summed E-state index contributed by atoms with van der Waals surface area (Å²) in [7, 11) is 1.60. The third kappa shape index (κ3) is 6.15. The highest BCUT2D eigenvalue weighted by atomic mass is 32.1. The van der Waals surface area contributed by atoms with E-state index >= 15 is 0 Å². The van der Waals surface area contributed by atoms with Gasteiger partial charge in [-0.25, -0.2) is 0 Å². The van der Waals surface area contributed by atoms with Crippen LogP contribution >= 0.6 is 11.3 Å². The molecule has 0 aliphatic carbocycles. The summed E-state index contributed by atoms with van der Waals surface area (Å²) >= 11 is 1.38. The van der Waals surface area contributed by atoms with Gasteiger partial charge < -0.3 is 9.47 Å². The number of hydrogen-bond donors (Lipinski definition) is 1. The number of amides is 1. The van der Waals surface area contributed by atoms with Gasteiger partial charge in [-0.15, -0.1) is 10.2 Å². The van der Waals surface area contributed by atoms with E-state index in [1.807, 2.05) is 25.1 Å². The number of hydrogen-bond acceptors (Lipinski definition) is 6. The molecule has 2 aromatic rings. The van der Waals surface area contributed by atoms with E-state index < -0.39 is 0 Å². The van der Waals surface area contributed by atoms with Crippen LogP contribution < -0.4 is 14.8 Å². The predicted octanol–water partition coefficient (Wildman–Crippen LogP) is 4.19. The quantitative estimate of drug-likeness (QED) is 0.666. The van der Waals surface area contributed by atoms with E-state index in [1.54, 1.807) is 13.2 Å². The lowest BCUT2D eigenvalue weighted by Crippen LogP contribution is -2.07. The lowest BCUT2D eigenvalue weighted by Gasteiger charge is -2.12. The summed E-state index contributed by atoms with van der Waals surface area (Å²) in [5, 5.41) is 12.0. The van der Waals surface area contributed by atoms with Crippen LogP contribution in [-0.4, -0.2) is 29.8 Å². The van der Waals surface area contributed by atoms with Crippen LogP contribution in [0.15, 0.2) is 24.3 Å². The number of aromatic nitrogens is 2. The summed E-state index contributed by atoms with van der Waals surface area (Å²) in [5.74, 6) is 1.69. The van der Waals surface area contributed by atoms with Crippen LogP contribution in [0.25, 0.3) is 6.08 Å². The second-order valence-electron chi connectivity index (χ2n) is 6.12. The van der Waals surface area contributed by atoms with Crippen molar-refractivity contribution in [3.63, 3.8) is 0 Å². The first-order valence-electron chi connectivity index (χ1n) is 8.64. The van der Waals surface area contributed by atoms with E-state index in [2.05, 4.69) is 29.4 Å². The van der Waals surface area contributed by atoms with Gasteiger partial charge in [0.1, 0.15) is 5.01 Å². The zero-order chi connectivity index (χ0) is 18.9. The molecule has 1 aromatic heterocycles. The first kappa shape index (κ1) is 19.9. The van der Waals surface area contributed by atoms with Crippen molar-refractivity contribution in [3.8, 4) is 11.5 Å². The molecule has 0 radical (unpaired) electrons. The molecule has 2 rings (SSSR count). The van der Waals surface area contributed by atoms with Gasteiger partial charge in [0.25, 0.3) is 0 Å². The molecule has 0 saturated heterocycles. The lowest BCUT2D eigenvalue weighted by molar-refractivity contribution is -0.111. The van der Waals surface area contributed by atoms with Crippen LogP contribution in [-0.2, 0) is 11.2 Å². The van der Waals surface area contributed by atoms with E-state index in [4.69, 9.17) is 9.47 Å². The summed E-state index contributed by atoms with van der Waals surface area (Å²) in [6.07, 6.45) is 4.96. The number of benzene rings is 1. The number of methoxy groups -OCH3 is 1. The number of nitrogens with zero attached hydrogens (tertiary/aromatic N) is 2. The van der Waals surface area contributed by atoms with Gasteiger partial charge in [0, 0.05) is 6.08 Å². The minimum Gasteiger partial charge on any atom is -0.493 e. The van der Waals surface area contributed by atoms with Crippen molar-refractivity contribution < 1.29 is 14.3 Å².